The Kier molecular flexibility index (Phi) is 5.40. The normalized spacial score (nSPS) is 13.4. The van der Waals surface area contributed by atoms with E-state index in [1.165, 1.54) is 0 Å². The highest BCUT2D eigenvalue weighted by Crippen LogP contribution is 2.29. The topological polar surface area (TPSA) is 98.7 Å². The van der Waals surface area contributed by atoms with Gasteiger partial charge in [0.2, 0.25) is 5.91 Å². The van der Waals surface area contributed by atoms with Crippen molar-refractivity contribution in [1.82, 2.24) is 0 Å². The number of benzene rings is 2. The molecule has 0 aromatic heterocycles. The van der Waals surface area contributed by atoms with Crippen LogP contribution in [0.4, 0.5) is 17.1 Å². The maximum Gasteiger partial charge on any atom is 0.303 e. The van der Waals surface area contributed by atoms with E-state index in [1.807, 2.05) is 24.1 Å². The highest BCUT2D eigenvalue weighted by Gasteiger charge is 2.18. The minimum absolute atomic E-state index is 0.0371. The van der Waals surface area contributed by atoms with Gasteiger partial charge in [-0.2, -0.15) is 0 Å². The third-order valence-electron chi connectivity index (χ3n) is 4.43. The molecule has 0 radical (unpaired) electrons. The van der Waals surface area contributed by atoms with Gasteiger partial charge in [-0.25, -0.2) is 0 Å². The molecule has 2 amide bonds. The number of aliphatic carboxylic acids is 1. The number of carboxylic acids is 1. The van der Waals surface area contributed by atoms with Crippen molar-refractivity contribution < 1.29 is 19.5 Å². The fourth-order valence-electron chi connectivity index (χ4n) is 2.97. The van der Waals surface area contributed by atoms with Gasteiger partial charge in [0, 0.05) is 37.7 Å². The van der Waals surface area contributed by atoms with Gasteiger partial charge in [-0.15, -0.1) is 0 Å². The van der Waals surface area contributed by atoms with Gasteiger partial charge in [-0.05, 0) is 42.3 Å². The summed E-state index contributed by atoms with van der Waals surface area (Å²) >= 11 is 0. The van der Waals surface area contributed by atoms with E-state index in [-0.39, 0.29) is 18.2 Å². The van der Waals surface area contributed by atoms with Gasteiger partial charge in [0.25, 0.3) is 5.91 Å². The summed E-state index contributed by atoms with van der Waals surface area (Å²) in [5.41, 5.74) is 3.35. The van der Waals surface area contributed by atoms with E-state index in [0.29, 0.717) is 36.3 Å². The number of nitrogens with zero attached hydrogens (tertiary/aromatic N) is 1. The van der Waals surface area contributed by atoms with Crippen LogP contribution in [0.3, 0.4) is 0 Å². The highest BCUT2D eigenvalue weighted by atomic mass is 16.4. The minimum atomic E-state index is -0.860. The zero-order valence-corrected chi connectivity index (χ0v) is 15.0. The summed E-state index contributed by atoms with van der Waals surface area (Å²) < 4.78 is 0. The lowest BCUT2D eigenvalue weighted by Crippen LogP contribution is -2.18. The summed E-state index contributed by atoms with van der Waals surface area (Å²) in [5.74, 6) is -1.24. The van der Waals surface area contributed by atoms with Crippen molar-refractivity contribution in [2.75, 3.05) is 29.1 Å². The van der Waals surface area contributed by atoms with Gasteiger partial charge in [0.05, 0.1) is 11.4 Å². The molecule has 0 spiro atoms. The number of anilines is 3. The van der Waals surface area contributed by atoms with E-state index >= 15 is 0 Å². The summed E-state index contributed by atoms with van der Waals surface area (Å²) in [5, 5.41) is 14.4. The summed E-state index contributed by atoms with van der Waals surface area (Å²) in [4.78, 5) is 37.1. The second kappa shape index (κ2) is 7.90. The zero-order valence-electron chi connectivity index (χ0n) is 15.0. The third kappa shape index (κ3) is 4.63. The van der Waals surface area contributed by atoms with Crippen molar-refractivity contribution in [3.05, 3.63) is 53.6 Å². The number of fused-ring (bicyclic) bond motifs is 1. The molecule has 1 aliphatic heterocycles. The number of carboxylic acid groups (broad SMARTS) is 1. The number of nitrogens with one attached hydrogen (secondary N) is 2. The van der Waals surface area contributed by atoms with Crippen LogP contribution in [0.1, 0.15) is 28.8 Å². The number of carbonyl (C=O) groups is 3. The van der Waals surface area contributed by atoms with Crippen molar-refractivity contribution in [1.29, 1.82) is 0 Å². The predicted octanol–water partition coefficient (Wildman–Crippen LogP) is 2.73. The van der Waals surface area contributed by atoms with Crippen molar-refractivity contribution in [2.45, 2.75) is 19.3 Å². The van der Waals surface area contributed by atoms with E-state index in [2.05, 4.69) is 10.6 Å². The van der Waals surface area contributed by atoms with Crippen molar-refractivity contribution in [2.24, 2.45) is 0 Å². The van der Waals surface area contributed by atoms with Gasteiger partial charge in [-0.1, -0.05) is 12.1 Å². The first-order valence-electron chi connectivity index (χ1n) is 8.69. The Balaban J connectivity index is 1.76. The average molecular weight is 367 g/mol. The molecule has 27 heavy (non-hydrogen) atoms. The van der Waals surface area contributed by atoms with Crippen LogP contribution < -0.4 is 15.5 Å². The maximum atomic E-state index is 12.6. The molecule has 3 N–H and O–H groups in total. The molecule has 0 unspecified atom stereocenters. The molecule has 0 saturated heterocycles. The van der Waals surface area contributed by atoms with Gasteiger partial charge < -0.3 is 20.6 Å². The van der Waals surface area contributed by atoms with Crippen molar-refractivity contribution >= 4 is 34.8 Å². The molecule has 0 atom stereocenters. The van der Waals surface area contributed by atoms with Crippen molar-refractivity contribution in [3.63, 3.8) is 0 Å². The SMILES string of the molecule is CN1CCC(=O)Nc2cc(C(=O)Nc3cccc(CCC(=O)O)c3)ccc21. The van der Waals surface area contributed by atoms with Gasteiger partial charge in [-0.3, -0.25) is 14.4 Å². The fraction of sp³-hybridized carbons (Fsp3) is 0.250. The van der Waals surface area contributed by atoms with Crippen LogP contribution in [0, 0.1) is 0 Å². The predicted molar refractivity (Wildman–Crippen MR) is 103 cm³/mol. The van der Waals surface area contributed by atoms with Crippen LogP contribution in [0.15, 0.2) is 42.5 Å². The van der Waals surface area contributed by atoms with Gasteiger partial charge in [0.15, 0.2) is 0 Å². The Morgan fingerprint density at radius 2 is 2.04 bits per heavy atom. The highest BCUT2D eigenvalue weighted by molar-refractivity contribution is 6.06. The van der Waals surface area contributed by atoms with E-state index in [0.717, 1.165) is 11.3 Å². The van der Waals surface area contributed by atoms with E-state index in [1.54, 1.807) is 30.3 Å². The van der Waals surface area contributed by atoms with Crippen LogP contribution in [0.25, 0.3) is 0 Å². The first-order valence-corrected chi connectivity index (χ1v) is 8.69. The number of carbonyl (C=O) groups excluding carboxylic acids is 2. The summed E-state index contributed by atoms with van der Waals surface area (Å²) in [6, 6.07) is 12.3. The molecular weight excluding hydrogens is 346 g/mol. The summed E-state index contributed by atoms with van der Waals surface area (Å²) in [6.45, 7) is 0.619. The quantitative estimate of drug-likeness (QED) is 0.755. The Hall–Kier alpha value is -3.35. The first kappa shape index (κ1) is 18.4. The largest absolute Gasteiger partial charge is 0.481 e. The monoisotopic (exact) mass is 367 g/mol. The second-order valence-corrected chi connectivity index (χ2v) is 6.50. The Morgan fingerprint density at radius 1 is 1.22 bits per heavy atom. The van der Waals surface area contributed by atoms with E-state index < -0.39 is 5.97 Å². The number of rotatable bonds is 5. The lowest BCUT2D eigenvalue weighted by Gasteiger charge is -2.18. The maximum absolute atomic E-state index is 12.6. The standard InChI is InChI=1S/C20H21N3O4/c1-23-10-9-18(24)22-16-12-14(6-7-17(16)23)20(27)21-15-4-2-3-13(11-15)5-8-19(25)26/h2-4,6-7,11-12H,5,8-10H2,1H3,(H,21,27)(H,22,24)(H,25,26). The third-order valence-corrected chi connectivity index (χ3v) is 4.43. The van der Waals surface area contributed by atoms with Crippen LogP contribution in [-0.4, -0.2) is 36.5 Å². The van der Waals surface area contributed by atoms with Crippen molar-refractivity contribution in [3.8, 4) is 0 Å². The average Bonchev–Trinajstić information content (AvgIpc) is 2.78. The fourth-order valence-corrected chi connectivity index (χ4v) is 2.97. The number of amides is 2. The summed E-state index contributed by atoms with van der Waals surface area (Å²) in [7, 11) is 1.90. The van der Waals surface area contributed by atoms with Crippen LogP contribution in [0.2, 0.25) is 0 Å². The lowest BCUT2D eigenvalue weighted by molar-refractivity contribution is -0.137. The van der Waals surface area contributed by atoms with E-state index in [4.69, 9.17) is 5.11 Å². The molecule has 140 valence electrons. The van der Waals surface area contributed by atoms with Gasteiger partial charge >= 0.3 is 5.97 Å². The molecule has 2 aromatic carbocycles. The van der Waals surface area contributed by atoms with Crippen LogP contribution in [0.5, 0.6) is 0 Å². The van der Waals surface area contributed by atoms with Crippen LogP contribution in [-0.2, 0) is 16.0 Å². The first-order chi connectivity index (χ1) is 12.9. The minimum Gasteiger partial charge on any atom is -0.481 e. The molecule has 3 rings (SSSR count). The summed E-state index contributed by atoms with van der Waals surface area (Å²) in [6.07, 6.45) is 0.835. The molecule has 7 nitrogen and oxygen atoms in total. The number of aryl methyl sites for hydroxylation is 1. The Morgan fingerprint density at radius 3 is 2.81 bits per heavy atom. The zero-order chi connectivity index (χ0) is 19.4. The Labute approximate surface area is 157 Å². The molecule has 1 aliphatic rings. The molecule has 2 aromatic rings. The molecule has 0 saturated carbocycles. The second-order valence-electron chi connectivity index (χ2n) is 6.50. The molecule has 1 heterocycles. The molecule has 0 fully saturated rings. The lowest BCUT2D eigenvalue weighted by atomic mass is 10.1. The molecule has 0 aliphatic carbocycles. The van der Waals surface area contributed by atoms with Crippen LogP contribution >= 0.6 is 0 Å². The smallest absolute Gasteiger partial charge is 0.303 e. The van der Waals surface area contributed by atoms with Gasteiger partial charge in [0.1, 0.15) is 0 Å². The molecule has 0 bridgehead atoms. The Bertz CT molecular complexity index is 895. The van der Waals surface area contributed by atoms with E-state index in [9.17, 15) is 14.4 Å². The number of hydrogen-bond donors (Lipinski definition) is 3. The number of hydrogen-bond acceptors (Lipinski definition) is 4. The molecule has 7 heteroatoms. The molecular formula is C20H21N3O4.